The highest BCUT2D eigenvalue weighted by Crippen LogP contribution is 2.53. The molecule has 1 aliphatic heterocycles. The SMILES string of the molecule is CC(C)(C)[S+]([O-])N[C@@H]1c2ncsc2CC12CCN(c1cnc(Sc3nc(Cl)cs3)c(N)n1)CC2. The second kappa shape index (κ2) is 9.38. The normalized spacial score (nSPS) is 20.6. The number of hydrogen-bond donors (Lipinski definition) is 2. The number of anilines is 2. The fraction of sp³-hybridized carbons (Fsp3) is 0.524. The molecule has 1 spiro atoms. The van der Waals surface area contributed by atoms with Crippen molar-refractivity contribution in [1.82, 2.24) is 24.7 Å². The van der Waals surface area contributed by atoms with E-state index in [-0.39, 0.29) is 16.2 Å². The van der Waals surface area contributed by atoms with Crippen molar-refractivity contribution in [1.29, 1.82) is 0 Å². The number of nitrogen functional groups attached to an aromatic ring is 1. The van der Waals surface area contributed by atoms with Crippen LogP contribution in [0.25, 0.3) is 0 Å². The van der Waals surface area contributed by atoms with E-state index in [4.69, 9.17) is 17.3 Å². The van der Waals surface area contributed by atoms with Gasteiger partial charge in [-0.1, -0.05) is 11.6 Å². The van der Waals surface area contributed by atoms with E-state index in [9.17, 15) is 4.55 Å². The Balaban J connectivity index is 1.29. The molecule has 1 aliphatic carbocycles. The Kier molecular flexibility index (Phi) is 6.77. The van der Waals surface area contributed by atoms with E-state index in [0.717, 1.165) is 48.2 Å². The maximum atomic E-state index is 13.0. The van der Waals surface area contributed by atoms with Crippen molar-refractivity contribution < 1.29 is 4.55 Å². The fourth-order valence-electron chi connectivity index (χ4n) is 4.45. The van der Waals surface area contributed by atoms with Crippen LogP contribution in [0.2, 0.25) is 5.15 Å². The van der Waals surface area contributed by atoms with Gasteiger partial charge in [0, 0.05) is 40.1 Å². The number of thiazole rings is 2. The van der Waals surface area contributed by atoms with E-state index in [0.29, 0.717) is 16.0 Å². The molecule has 3 N–H and O–H groups in total. The third-order valence-electron chi connectivity index (χ3n) is 6.33. The lowest BCUT2D eigenvalue weighted by molar-refractivity contribution is 0.174. The predicted molar refractivity (Wildman–Crippen MR) is 141 cm³/mol. The third-order valence-corrected chi connectivity index (χ3v) is 11.0. The van der Waals surface area contributed by atoms with E-state index in [1.54, 1.807) is 22.9 Å². The van der Waals surface area contributed by atoms with Crippen molar-refractivity contribution >= 4 is 69.0 Å². The summed E-state index contributed by atoms with van der Waals surface area (Å²) >= 11 is 9.27. The molecule has 1 fully saturated rings. The molecule has 1 unspecified atom stereocenters. The minimum absolute atomic E-state index is 0.00370. The Labute approximate surface area is 219 Å². The van der Waals surface area contributed by atoms with Gasteiger partial charge in [0.2, 0.25) is 0 Å². The lowest BCUT2D eigenvalue weighted by atomic mass is 9.73. The molecule has 0 bridgehead atoms. The summed E-state index contributed by atoms with van der Waals surface area (Å²) < 4.78 is 16.9. The van der Waals surface area contributed by atoms with E-state index in [1.807, 2.05) is 26.3 Å². The average Bonchev–Trinajstić information content (AvgIpc) is 3.47. The van der Waals surface area contributed by atoms with Gasteiger partial charge < -0.3 is 15.2 Å². The molecule has 0 aromatic carbocycles. The molecule has 34 heavy (non-hydrogen) atoms. The van der Waals surface area contributed by atoms with Crippen LogP contribution < -0.4 is 15.4 Å². The zero-order valence-corrected chi connectivity index (χ0v) is 23.1. The smallest absolute Gasteiger partial charge is 0.158 e. The molecule has 3 aromatic rings. The second-order valence-corrected chi connectivity index (χ2v) is 15.0. The molecule has 2 atom stereocenters. The van der Waals surface area contributed by atoms with Crippen molar-refractivity contribution in [3.05, 3.63) is 32.8 Å². The maximum absolute atomic E-state index is 13.0. The predicted octanol–water partition coefficient (Wildman–Crippen LogP) is 4.71. The molecule has 182 valence electrons. The number of piperidine rings is 1. The van der Waals surface area contributed by atoms with E-state index in [2.05, 4.69) is 29.6 Å². The number of nitrogens with zero attached hydrogens (tertiary/aromatic N) is 5. The van der Waals surface area contributed by atoms with Gasteiger partial charge in [0.1, 0.15) is 26.8 Å². The van der Waals surface area contributed by atoms with Crippen LogP contribution in [0, 0.1) is 5.41 Å². The van der Waals surface area contributed by atoms with Gasteiger partial charge in [0.05, 0.1) is 17.4 Å². The number of fused-ring (bicyclic) bond motifs is 1. The van der Waals surface area contributed by atoms with Crippen LogP contribution in [0.1, 0.15) is 50.2 Å². The van der Waals surface area contributed by atoms with Gasteiger partial charge in [-0.2, -0.15) is 0 Å². The summed E-state index contributed by atoms with van der Waals surface area (Å²) in [5.74, 6) is 1.17. The average molecular weight is 556 g/mol. The Bertz CT molecular complexity index is 1170. The summed E-state index contributed by atoms with van der Waals surface area (Å²) in [6.07, 6.45) is 4.65. The Morgan fingerprint density at radius 3 is 2.68 bits per heavy atom. The molecule has 0 saturated carbocycles. The summed E-state index contributed by atoms with van der Waals surface area (Å²) in [6, 6.07) is -0.00370. The van der Waals surface area contributed by atoms with Crippen LogP contribution in [0.3, 0.4) is 0 Å². The van der Waals surface area contributed by atoms with Gasteiger partial charge in [-0.3, -0.25) is 0 Å². The molecule has 13 heteroatoms. The van der Waals surface area contributed by atoms with Gasteiger partial charge >= 0.3 is 0 Å². The second-order valence-electron chi connectivity index (χ2n) is 9.58. The zero-order chi connectivity index (χ0) is 24.1. The Morgan fingerprint density at radius 2 is 2.03 bits per heavy atom. The van der Waals surface area contributed by atoms with Crippen LogP contribution >= 0.6 is 46.0 Å². The molecule has 1 saturated heterocycles. The van der Waals surface area contributed by atoms with E-state index in [1.165, 1.54) is 28.0 Å². The lowest BCUT2D eigenvalue weighted by Gasteiger charge is -2.43. The van der Waals surface area contributed by atoms with Gasteiger partial charge in [-0.25, -0.2) is 19.9 Å². The first-order valence-corrected chi connectivity index (χ1v) is 15.0. The molecule has 0 amide bonds. The minimum Gasteiger partial charge on any atom is -0.598 e. The number of nitrogens with one attached hydrogen (secondary N) is 1. The van der Waals surface area contributed by atoms with Crippen molar-refractivity contribution in [2.24, 2.45) is 5.41 Å². The summed E-state index contributed by atoms with van der Waals surface area (Å²) in [5.41, 5.74) is 9.21. The monoisotopic (exact) mass is 555 g/mol. The molecule has 3 aromatic heterocycles. The topological polar surface area (TPSA) is 116 Å². The fourth-order valence-corrected chi connectivity index (χ4v) is 8.20. The number of aromatic nitrogens is 4. The van der Waals surface area contributed by atoms with Crippen LogP contribution in [0.15, 0.2) is 26.5 Å². The first kappa shape index (κ1) is 24.5. The van der Waals surface area contributed by atoms with Crippen molar-refractivity contribution in [3.63, 3.8) is 0 Å². The summed E-state index contributed by atoms with van der Waals surface area (Å²) in [5, 5.41) is 2.87. The van der Waals surface area contributed by atoms with Crippen LogP contribution in [0.4, 0.5) is 11.6 Å². The van der Waals surface area contributed by atoms with E-state index >= 15 is 0 Å². The number of hydrogen-bond acceptors (Lipinski definition) is 11. The summed E-state index contributed by atoms with van der Waals surface area (Å²) in [6.45, 7) is 7.65. The lowest BCUT2D eigenvalue weighted by Crippen LogP contribution is -2.50. The van der Waals surface area contributed by atoms with Gasteiger partial charge in [-0.05, 0) is 51.8 Å². The number of rotatable bonds is 5. The van der Waals surface area contributed by atoms with Crippen molar-refractivity contribution in [2.75, 3.05) is 23.7 Å². The van der Waals surface area contributed by atoms with Crippen molar-refractivity contribution in [3.8, 4) is 0 Å². The molecule has 2 aliphatic rings. The third kappa shape index (κ3) is 4.78. The zero-order valence-electron chi connectivity index (χ0n) is 19.1. The molecule has 5 rings (SSSR count). The largest absolute Gasteiger partial charge is 0.598 e. The van der Waals surface area contributed by atoms with Gasteiger partial charge in [0.25, 0.3) is 0 Å². The quantitative estimate of drug-likeness (QED) is 0.431. The summed E-state index contributed by atoms with van der Waals surface area (Å²) in [7, 11) is 0. The Morgan fingerprint density at radius 1 is 1.26 bits per heavy atom. The minimum atomic E-state index is -1.16. The van der Waals surface area contributed by atoms with Crippen LogP contribution in [-0.4, -0.2) is 42.3 Å². The molecule has 8 nitrogen and oxygen atoms in total. The molecule has 0 radical (unpaired) electrons. The molecular formula is C21H26ClN7OS4. The highest BCUT2D eigenvalue weighted by atomic mass is 35.5. The molecular weight excluding hydrogens is 530 g/mol. The number of halogens is 1. The first-order chi connectivity index (χ1) is 16.1. The highest BCUT2D eigenvalue weighted by Gasteiger charge is 2.52. The molecule has 4 heterocycles. The maximum Gasteiger partial charge on any atom is 0.158 e. The summed E-state index contributed by atoms with van der Waals surface area (Å²) in [4.78, 5) is 21.6. The van der Waals surface area contributed by atoms with Crippen LogP contribution in [-0.2, 0) is 17.8 Å². The Hall–Kier alpha value is -1.15. The van der Waals surface area contributed by atoms with Crippen LogP contribution in [0.5, 0.6) is 0 Å². The first-order valence-electron chi connectivity index (χ1n) is 10.9. The van der Waals surface area contributed by atoms with Gasteiger partial charge in [0.15, 0.2) is 10.2 Å². The number of nitrogens with two attached hydrogens (primary N) is 1. The van der Waals surface area contributed by atoms with Gasteiger partial charge in [-0.15, -0.1) is 27.4 Å². The standard InChI is InChI=1S/C21H26ClN7OS4/c1-20(2,3)34(30)28-16-15-12(32-11-25-15)8-21(16)4-6-29(7-5-21)14-9-24-18(17(23)27-14)33-19-26-13(22)10-31-19/h9-11,16,28H,4-8H2,1-3H3,(H2,23,27)/t16-,34?/m1/s1. The van der Waals surface area contributed by atoms with E-state index < -0.39 is 11.4 Å². The van der Waals surface area contributed by atoms with Crippen molar-refractivity contribution in [2.45, 2.75) is 60.2 Å². The highest BCUT2D eigenvalue weighted by molar-refractivity contribution is 8.01.